The second-order valence-corrected chi connectivity index (χ2v) is 4.25. The summed E-state index contributed by atoms with van der Waals surface area (Å²) in [5, 5.41) is 0.423. The molecule has 1 amide bonds. The molecule has 4 nitrogen and oxygen atoms in total. The molecule has 0 radical (unpaired) electrons. The third kappa shape index (κ3) is 1.65. The Hall–Kier alpha value is -1.55. The van der Waals surface area contributed by atoms with E-state index in [1.807, 2.05) is 24.5 Å². The average Bonchev–Trinajstić information content (AvgIpc) is 2.51. The van der Waals surface area contributed by atoms with Crippen molar-refractivity contribution in [1.29, 1.82) is 0 Å². The van der Waals surface area contributed by atoms with Crippen LogP contribution in [0.4, 0.5) is 0 Å². The molecule has 84 valence electrons. The molecule has 0 saturated heterocycles. The first-order valence-corrected chi connectivity index (χ1v) is 5.36. The van der Waals surface area contributed by atoms with Crippen molar-refractivity contribution in [3.05, 3.63) is 29.0 Å². The van der Waals surface area contributed by atoms with Gasteiger partial charge >= 0.3 is 0 Å². The monoisotopic (exact) mass is 237 g/mol. The van der Waals surface area contributed by atoms with Crippen LogP contribution in [0.25, 0.3) is 11.0 Å². The van der Waals surface area contributed by atoms with Crippen LogP contribution in [-0.2, 0) is 0 Å². The second kappa shape index (κ2) is 3.79. The number of imidazole rings is 1. The third-order valence-corrected chi connectivity index (χ3v) is 2.71. The highest BCUT2D eigenvalue weighted by Crippen LogP contribution is 2.24. The molecular formula is C11H12ClN3O. The van der Waals surface area contributed by atoms with Crippen molar-refractivity contribution in [2.75, 3.05) is 0 Å². The molecule has 0 aliphatic heterocycles. The van der Waals surface area contributed by atoms with Gasteiger partial charge in [-0.2, -0.15) is 0 Å². The van der Waals surface area contributed by atoms with Gasteiger partial charge in [0.05, 0.1) is 11.0 Å². The Labute approximate surface area is 98.0 Å². The van der Waals surface area contributed by atoms with E-state index in [0.29, 0.717) is 16.4 Å². The van der Waals surface area contributed by atoms with Crippen LogP contribution in [0.1, 0.15) is 30.2 Å². The number of hydrogen-bond acceptors (Lipinski definition) is 2. The van der Waals surface area contributed by atoms with Crippen molar-refractivity contribution in [3.63, 3.8) is 0 Å². The zero-order valence-corrected chi connectivity index (χ0v) is 9.82. The lowest BCUT2D eigenvalue weighted by Crippen LogP contribution is -2.10. The molecule has 0 unspecified atom stereocenters. The summed E-state index contributed by atoms with van der Waals surface area (Å²) >= 11 is 6.03. The molecule has 0 spiro atoms. The fraction of sp³-hybridized carbons (Fsp3) is 0.273. The Morgan fingerprint density at radius 3 is 2.75 bits per heavy atom. The molecule has 2 aromatic rings. The summed E-state index contributed by atoms with van der Waals surface area (Å²) < 4.78 is 1.90. The predicted molar refractivity (Wildman–Crippen MR) is 63.6 cm³/mol. The Balaban J connectivity index is 2.70. The number of amides is 1. The van der Waals surface area contributed by atoms with Crippen LogP contribution >= 0.6 is 11.6 Å². The molecule has 2 rings (SSSR count). The van der Waals surface area contributed by atoms with Crippen LogP contribution in [0.2, 0.25) is 5.28 Å². The van der Waals surface area contributed by atoms with Gasteiger partial charge < -0.3 is 10.3 Å². The van der Waals surface area contributed by atoms with Crippen molar-refractivity contribution in [2.24, 2.45) is 5.73 Å². The van der Waals surface area contributed by atoms with E-state index in [4.69, 9.17) is 17.3 Å². The van der Waals surface area contributed by atoms with Gasteiger partial charge in [-0.15, -0.1) is 0 Å². The lowest BCUT2D eigenvalue weighted by molar-refractivity contribution is 0.100. The van der Waals surface area contributed by atoms with Crippen LogP contribution in [0.5, 0.6) is 0 Å². The van der Waals surface area contributed by atoms with Gasteiger partial charge in [-0.3, -0.25) is 4.79 Å². The number of rotatable bonds is 2. The van der Waals surface area contributed by atoms with Crippen LogP contribution in [0.3, 0.4) is 0 Å². The molecule has 1 heterocycles. The maximum absolute atomic E-state index is 11.0. The number of benzene rings is 1. The number of nitrogens with two attached hydrogens (primary N) is 1. The zero-order chi connectivity index (χ0) is 11.9. The highest BCUT2D eigenvalue weighted by Gasteiger charge is 2.12. The predicted octanol–water partition coefficient (Wildman–Crippen LogP) is 2.37. The van der Waals surface area contributed by atoms with Crippen molar-refractivity contribution < 1.29 is 4.79 Å². The van der Waals surface area contributed by atoms with E-state index >= 15 is 0 Å². The molecule has 0 aliphatic carbocycles. The highest BCUT2D eigenvalue weighted by atomic mass is 35.5. The fourth-order valence-corrected chi connectivity index (χ4v) is 2.09. The molecule has 0 bridgehead atoms. The fourth-order valence-electron chi connectivity index (χ4n) is 1.71. The van der Waals surface area contributed by atoms with Gasteiger partial charge in [0.2, 0.25) is 11.2 Å². The largest absolute Gasteiger partial charge is 0.366 e. The Kier molecular flexibility index (Phi) is 2.59. The van der Waals surface area contributed by atoms with E-state index in [-0.39, 0.29) is 6.04 Å². The third-order valence-electron chi connectivity index (χ3n) is 2.45. The Morgan fingerprint density at radius 2 is 2.19 bits per heavy atom. The summed E-state index contributed by atoms with van der Waals surface area (Å²) in [4.78, 5) is 15.2. The molecule has 2 N–H and O–H groups in total. The lowest BCUT2D eigenvalue weighted by Gasteiger charge is -2.09. The summed E-state index contributed by atoms with van der Waals surface area (Å²) in [6.45, 7) is 4.05. The van der Waals surface area contributed by atoms with Crippen molar-refractivity contribution in [3.8, 4) is 0 Å². The van der Waals surface area contributed by atoms with Crippen molar-refractivity contribution in [1.82, 2.24) is 9.55 Å². The molecule has 0 fully saturated rings. The molecule has 5 heteroatoms. The topological polar surface area (TPSA) is 60.9 Å². The van der Waals surface area contributed by atoms with E-state index < -0.39 is 5.91 Å². The summed E-state index contributed by atoms with van der Waals surface area (Å²) in [7, 11) is 0. The number of carbonyl (C=O) groups excluding carboxylic acids is 1. The van der Waals surface area contributed by atoms with Crippen LogP contribution in [-0.4, -0.2) is 15.5 Å². The van der Waals surface area contributed by atoms with Crippen LogP contribution in [0, 0.1) is 0 Å². The van der Waals surface area contributed by atoms with Gasteiger partial charge in [-0.25, -0.2) is 4.98 Å². The number of halogens is 1. The minimum atomic E-state index is -0.461. The molecular weight excluding hydrogens is 226 g/mol. The van der Waals surface area contributed by atoms with E-state index in [1.54, 1.807) is 12.1 Å². The number of nitrogens with zero attached hydrogens (tertiary/aromatic N) is 2. The van der Waals surface area contributed by atoms with Gasteiger partial charge in [0, 0.05) is 11.6 Å². The number of primary amides is 1. The normalized spacial score (nSPS) is 11.2. The standard InChI is InChI=1S/C11H12ClN3O/c1-6(2)15-9-4-3-7(10(13)16)5-8(9)14-11(15)12/h3-6H,1-2H3,(H2,13,16). The zero-order valence-electron chi connectivity index (χ0n) is 9.07. The maximum atomic E-state index is 11.0. The number of fused-ring (bicyclic) bond motifs is 1. The van der Waals surface area contributed by atoms with Crippen molar-refractivity contribution in [2.45, 2.75) is 19.9 Å². The smallest absolute Gasteiger partial charge is 0.248 e. The molecule has 0 atom stereocenters. The summed E-state index contributed by atoms with van der Waals surface area (Å²) in [5.41, 5.74) is 7.24. The first-order valence-electron chi connectivity index (χ1n) is 4.98. The van der Waals surface area contributed by atoms with Gasteiger partial charge in [-0.05, 0) is 43.6 Å². The number of carbonyl (C=O) groups is 1. The number of hydrogen-bond donors (Lipinski definition) is 1. The summed E-state index contributed by atoms with van der Waals surface area (Å²) in [6.07, 6.45) is 0. The molecule has 0 saturated carbocycles. The van der Waals surface area contributed by atoms with Crippen LogP contribution in [0.15, 0.2) is 18.2 Å². The summed E-state index contributed by atoms with van der Waals surface area (Å²) in [5.74, 6) is -0.461. The SMILES string of the molecule is CC(C)n1c(Cl)nc2cc(C(N)=O)ccc21. The number of aromatic nitrogens is 2. The van der Waals surface area contributed by atoms with Gasteiger partial charge in [0.1, 0.15) is 0 Å². The Bertz CT molecular complexity index is 560. The maximum Gasteiger partial charge on any atom is 0.248 e. The average molecular weight is 238 g/mol. The second-order valence-electron chi connectivity index (χ2n) is 3.91. The van der Waals surface area contributed by atoms with Gasteiger partial charge in [0.15, 0.2) is 0 Å². The molecule has 0 aliphatic rings. The quantitative estimate of drug-likeness (QED) is 0.872. The van der Waals surface area contributed by atoms with E-state index in [9.17, 15) is 4.79 Å². The summed E-state index contributed by atoms with van der Waals surface area (Å²) in [6, 6.07) is 5.37. The van der Waals surface area contributed by atoms with E-state index in [1.165, 1.54) is 0 Å². The molecule has 1 aromatic carbocycles. The molecule has 16 heavy (non-hydrogen) atoms. The van der Waals surface area contributed by atoms with E-state index in [0.717, 1.165) is 5.52 Å². The first kappa shape index (κ1) is 11.0. The minimum Gasteiger partial charge on any atom is -0.366 e. The highest BCUT2D eigenvalue weighted by molar-refractivity contribution is 6.29. The molecule has 1 aromatic heterocycles. The minimum absolute atomic E-state index is 0.219. The first-order chi connectivity index (χ1) is 7.50. The lowest BCUT2D eigenvalue weighted by atomic mass is 10.2. The van der Waals surface area contributed by atoms with E-state index in [2.05, 4.69) is 4.98 Å². The van der Waals surface area contributed by atoms with Gasteiger partial charge in [0.25, 0.3) is 0 Å². The van der Waals surface area contributed by atoms with Gasteiger partial charge in [-0.1, -0.05) is 0 Å². The Morgan fingerprint density at radius 1 is 1.50 bits per heavy atom. The van der Waals surface area contributed by atoms with Crippen LogP contribution < -0.4 is 5.73 Å². The van der Waals surface area contributed by atoms with Crippen molar-refractivity contribution >= 4 is 28.5 Å².